The second-order valence-electron chi connectivity index (χ2n) is 4.41. The number of nitrogens with one attached hydrogen (secondary N) is 1. The number of amides is 1. The third-order valence-electron chi connectivity index (χ3n) is 3.06. The predicted octanol–water partition coefficient (Wildman–Crippen LogP) is 1.78. The van der Waals surface area contributed by atoms with Crippen molar-refractivity contribution >= 4 is 5.91 Å². The summed E-state index contributed by atoms with van der Waals surface area (Å²) in [5.41, 5.74) is 0. The van der Waals surface area contributed by atoms with Crippen molar-refractivity contribution in [3.8, 4) is 0 Å². The van der Waals surface area contributed by atoms with E-state index in [1.807, 2.05) is 4.90 Å². The number of carbonyl (C=O) groups excluding carboxylic acids is 1. The van der Waals surface area contributed by atoms with Gasteiger partial charge in [0.05, 0.1) is 0 Å². The van der Waals surface area contributed by atoms with Crippen LogP contribution in [0.3, 0.4) is 0 Å². The molecule has 1 amide bonds. The van der Waals surface area contributed by atoms with Crippen molar-refractivity contribution in [3.63, 3.8) is 0 Å². The minimum absolute atomic E-state index is 0.188. The van der Waals surface area contributed by atoms with Crippen LogP contribution in [0.15, 0.2) is 0 Å². The molecule has 106 valence electrons. The molecule has 1 saturated heterocycles. The van der Waals surface area contributed by atoms with Gasteiger partial charge in [0.1, 0.15) is 0 Å². The van der Waals surface area contributed by atoms with Gasteiger partial charge in [0.2, 0.25) is 0 Å². The monoisotopic (exact) mass is 274 g/mol. The van der Waals surface area contributed by atoms with E-state index in [9.17, 15) is 26.7 Å². The summed E-state index contributed by atoms with van der Waals surface area (Å²) in [6.45, 7) is 0.553. The van der Waals surface area contributed by atoms with E-state index in [1.165, 1.54) is 0 Å². The Labute approximate surface area is 101 Å². The van der Waals surface area contributed by atoms with Crippen LogP contribution in [0.1, 0.15) is 19.3 Å². The number of likely N-dealkylation sites (tertiary alicyclic amines) is 1. The lowest BCUT2D eigenvalue weighted by molar-refractivity contribution is -0.269. The third-order valence-corrected chi connectivity index (χ3v) is 3.06. The van der Waals surface area contributed by atoms with Crippen LogP contribution in [0.2, 0.25) is 0 Å². The molecule has 0 aliphatic carbocycles. The molecule has 1 aliphatic heterocycles. The zero-order valence-electron chi connectivity index (χ0n) is 9.86. The number of alkyl halides is 5. The van der Waals surface area contributed by atoms with Gasteiger partial charge in [0, 0.05) is 12.6 Å². The molecule has 0 saturated carbocycles. The molecule has 1 atom stereocenters. The van der Waals surface area contributed by atoms with E-state index in [-0.39, 0.29) is 12.6 Å². The van der Waals surface area contributed by atoms with Crippen molar-refractivity contribution < 1.29 is 26.7 Å². The lowest BCUT2D eigenvalue weighted by Gasteiger charge is -2.32. The smallest absolute Gasteiger partial charge is 0.349 e. The molecule has 0 aromatic rings. The number of rotatable bonds is 3. The number of hydrogen-bond acceptors (Lipinski definition) is 2. The highest BCUT2D eigenvalue weighted by Crippen LogP contribution is 2.35. The molecule has 1 aliphatic rings. The van der Waals surface area contributed by atoms with Crippen molar-refractivity contribution in [2.45, 2.75) is 37.4 Å². The van der Waals surface area contributed by atoms with E-state index >= 15 is 0 Å². The summed E-state index contributed by atoms with van der Waals surface area (Å²) in [6.07, 6.45) is -3.34. The Morgan fingerprint density at radius 2 is 1.89 bits per heavy atom. The summed E-state index contributed by atoms with van der Waals surface area (Å²) >= 11 is 0. The van der Waals surface area contributed by atoms with Gasteiger partial charge < -0.3 is 10.2 Å². The first-order chi connectivity index (χ1) is 8.16. The molecule has 8 heteroatoms. The normalized spacial score (nSPS) is 22.9. The molecular formula is C10H15F5N2O. The lowest BCUT2D eigenvalue weighted by atomic mass is 10.0. The van der Waals surface area contributed by atoms with Crippen molar-refractivity contribution in [3.05, 3.63) is 0 Å². The topological polar surface area (TPSA) is 32.3 Å². The van der Waals surface area contributed by atoms with Crippen LogP contribution in [0.4, 0.5) is 22.0 Å². The molecule has 0 aromatic heterocycles. The largest absolute Gasteiger partial charge is 0.463 e. The highest BCUT2D eigenvalue weighted by atomic mass is 19.4. The highest BCUT2D eigenvalue weighted by molar-refractivity contribution is 5.84. The van der Waals surface area contributed by atoms with Crippen molar-refractivity contribution in [1.29, 1.82) is 0 Å². The first kappa shape index (κ1) is 15.1. The number of halogens is 5. The van der Waals surface area contributed by atoms with Gasteiger partial charge in [-0.25, -0.2) is 0 Å². The predicted molar refractivity (Wildman–Crippen MR) is 54.3 cm³/mol. The fourth-order valence-corrected chi connectivity index (χ4v) is 1.85. The van der Waals surface area contributed by atoms with Gasteiger partial charge in [-0.2, -0.15) is 22.0 Å². The number of piperidine rings is 1. The summed E-state index contributed by atoms with van der Waals surface area (Å²) < 4.78 is 61.0. The molecule has 0 spiro atoms. The molecule has 1 rings (SSSR count). The van der Waals surface area contributed by atoms with E-state index in [4.69, 9.17) is 0 Å². The second kappa shape index (κ2) is 5.38. The van der Waals surface area contributed by atoms with Gasteiger partial charge >= 0.3 is 12.1 Å². The van der Waals surface area contributed by atoms with Crippen molar-refractivity contribution in [2.75, 3.05) is 20.1 Å². The Morgan fingerprint density at radius 1 is 1.28 bits per heavy atom. The molecule has 1 fully saturated rings. The Morgan fingerprint density at radius 3 is 2.39 bits per heavy atom. The van der Waals surface area contributed by atoms with Gasteiger partial charge in [-0.1, -0.05) is 6.42 Å². The summed E-state index contributed by atoms with van der Waals surface area (Å²) in [5.74, 6) is -7.62. The van der Waals surface area contributed by atoms with Crippen LogP contribution in [-0.2, 0) is 4.79 Å². The van der Waals surface area contributed by atoms with Crippen LogP contribution in [0.5, 0.6) is 0 Å². The molecular weight excluding hydrogens is 259 g/mol. The maximum atomic E-state index is 12.6. The van der Waals surface area contributed by atoms with Gasteiger partial charge in [0.15, 0.2) is 0 Å². The van der Waals surface area contributed by atoms with Crippen LogP contribution < -0.4 is 5.32 Å². The van der Waals surface area contributed by atoms with Crippen LogP contribution in [0.25, 0.3) is 0 Å². The summed E-state index contributed by atoms with van der Waals surface area (Å²) in [4.78, 5) is 12.7. The van der Waals surface area contributed by atoms with Gasteiger partial charge in [-0.15, -0.1) is 0 Å². The first-order valence-corrected chi connectivity index (χ1v) is 5.59. The third kappa shape index (κ3) is 3.30. The van der Waals surface area contributed by atoms with E-state index < -0.39 is 18.0 Å². The van der Waals surface area contributed by atoms with Crippen LogP contribution in [-0.4, -0.2) is 49.1 Å². The van der Waals surface area contributed by atoms with E-state index in [0.717, 1.165) is 19.4 Å². The van der Waals surface area contributed by atoms with E-state index in [0.29, 0.717) is 6.42 Å². The maximum absolute atomic E-state index is 12.6. The second-order valence-corrected chi connectivity index (χ2v) is 4.41. The zero-order valence-corrected chi connectivity index (χ0v) is 9.86. The molecule has 1 unspecified atom stereocenters. The van der Waals surface area contributed by atoms with Crippen LogP contribution in [0, 0.1) is 0 Å². The minimum Gasteiger partial charge on any atom is -0.349 e. The Balaban J connectivity index is 2.50. The summed E-state index contributed by atoms with van der Waals surface area (Å²) in [7, 11) is 1.75. The molecule has 1 heterocycles. The molecule has 18 heavy (non-hydrogen) atoms. The molecule has 1 N–H and O–H groups in total. The minimum atomic E-state index is -5.85. The fraction of sp³-hybridized carbons (Fsp3) is 0.900. The summed E-state index contributed by atoms with van der Waals surface area (Å²) in [6, 6.07) is -0.188. The summed E-state index contributed by atoms with van der Waals surface area (Å²) in [5, 5.41) is 1.68. The Hall–Kier alpha value is -0.920. The average Bonchev–Trinajstić information content (AvgIpc) is 2.26. The van der Waals surface area contributed by atoms with E-state index in [2.05, 4.69) is 0 Å². The SMILES string of the molecule is CN1CCCCC1CNC(=O)C(F)(F)C(F)(F)F. The quantitative estimate of drug-likeness (QED) is 0.796. The lowest BCUT2D eigenvalue weighted by Crippen LogP contribution is -2.53. The fourth-order valence-electron chi connectivity index (χ4n) is 1.85. The maximum Gasteiger partial charge on any atom is 0.463 e. The standard InChI is InChI=1S/C10H15F5N2O/c1-17-5-3-2-4-7(17)6-16-8(18)9(11,12)10(13,14)15/h7H,2-6H2,1H3,(H,16,18). The molecule has 0 aromatic carbocycles. The van der Waals surface area contributed by atoms with Crippen molar-refractivity contribution in [2.24, 2.45) is 0 Å². The van der Waals surface area contributed by atoms with Gasteiger partial charge in [-0.3, -0.25) is 4.79 Å². The van der Waals surface area contributed by atoms with Gasteiger partial charge in [0.25, 0.3) is 5.91 Å². The molecule has 0 bridgehead atoms. The zero-order chi connectivity index (χ0) is 14.0. The molecule has 0 radical (unpaired) electrons. The average molecular weight is 274 g/mol. The Bertz CT molecular complexity index is 305. The molecule has 3 nitrogen and oxygen atoms in total. The van der Waals surface area contributed by atoms with E-state index in [1.54, 1.807) is 12.4 Å². The number of carbonyl (C=O) groups is 1. The number of nitrogens with zero attached hydrogens (tertiary/aromatic N) is 1. The van der Waals surface area contributed by atoms with Gasteiger partial charge in [-0.05, 0) is 26.4 Å². The number of likely N-dealkylation sites (N-methyl/N-ethyl adjacent to an activating group) is 1. The highest BCUT2D eigenvalue weighted by Gasteiger charge is 2.63. The van der Waals surface area contributed by atoms with Crippen molar-refractivity contribution in [1.82, 2.24) is 10.2 Å². The number of hydrogen-bond donors (Lipinski definition) is 1. The van der Waals surface area contributed by atoms with Crippen LogP contribution >= 0.6 is 0 Å². The first-order valence-electron chi connectivity index (χ1n) is 5.59. The Kier molecular flexibility index (Phi) is 4.52.